The first-order chi connectivity index (χ1) is 16.4. The molecular formula is C25H26ClIN4O3. The Balaban J connectivity index is 1.68. The number of rotatable bonds is 9. The van der Waals surface area contributed by atoms with E-state index in [0.29, 0.717) is 36.3 Å². The molecule has 0 radical (unpaired) electrons. The van der Waals surface area contributed by atoms with Crippen molar-refractivity contribution in [2.45, 2.75) is 18.9 Å². The van der Waals surface area contributed by atoms with Gasteiger partial charge in [-0.3, -0.25) is 4.79 Å². The van der Waals surface area contributed by atoms with E-state index < -0.39 is 0 Å². The van der Waals surface area contributed by atoms with Crippen molar-refractivity contribution in [3.8, 4) is 5.75 Å². The summed E-state index contributed by atoms with van der Waals surface area (Å²) in [6.07, 6.45) is 6.00. The molecule has 2 heterocycles. The molecule has 1 N–H and O–H groups in total. The van der Waals surface area contributed by atoms with E-state index in [9.17, 15) is 4.79 Å². The van der Waals surface area contributed by atoms with Crippen LogP contribution in [0, 0.1) is 3.57 Å². The molecule has 3 aromatic rings. The molecule has 0 saturated carbocycles. The molecule has 0 aliphatic carbocycles. The lowest BCUT2D eigenvalue weighted by molar-refractivity contribution is -0.114. The summed E-state index contributed by atoms with van der Waals surface area (Å²) in [5, 5.41) is 4.79. The van der Waals surface area contributed by atoms with E-state index >= 15 is 0 Å². The SMILES string of the molecule is CN(C)C/C=C/C(=O)Cc1cc2c(Nc3ccc([123I])c(Cl)c3)ncnc2cc1OC1CCOC1. The number of carbonyl (C=O) groups excluding carboxylic acids is 1. The lowest BCUT2D eigenvalue weighted by Gasteiger charge is -2.17. The number of carbonyl (C=O) groups is 1. The maximum absolute atomic E-state index is 12.7. The van der Waals surface area contributed by atoms with Crippen LogP contribution in [-0.4, -0.2) is 60.6 Å². The molecule has 1 aliphatic rings. The zero-order chi connectivity index (χ0) is 24.1. The summed E-state index contributed by atoms with van der Waals surface area (Å²) in [6, 6.07) is 9.56. The van der Waals surface area contributed by atoms with Crippen molar-refractivity contribution in [3.63, 3.8) is 0 Å². The predicted molar refractivity (Wildman–Crippen MR) is 143 cm³/mol. The number of ketones is 1. The molecule has 0 bridgehead atoms. The van der Waals surface area contributed by atoms with E-state index in [1.165, 1.54) is 6.33 Å². The third kappa shape index (κ3) is 6.44. The number of nitrogens with one attached hydrogen (secondary N) is 1. The first-order valence-corrected chi connectivity index (χ1v) is 12.4. The van der Waals surface area contributed by atoms with Crippen LogP contribution in [0.3, 0.4) is 0 Å². The Morgan fingerprint density at radius 3 is 2.91 bits per heavy atom. The van der Waals surface area contributed by atoms with Crippen LogP contribution in [0.2, 0.25) is 5.02 Å². The number of anilines is 2. The van der Waals surface area contributed by atoms with Gasteiger partial charge in [0.2, 0.25) is 0 Å². The molecule has 1 aromatic heterocycles. The van der Waals surface area contributed by atoms with Gasteiger partial charge >= 0.3 is 0 Å². The van der Waals surface area contributed by atoms with Gasteiger partial charge in [0, 0.05) is 45.7 Å². The molecule has 1 saturated heterocycles. The van der Waals surface area contributed by atoms with E-state index in [0.717, 1.165) is 32.1 Å². The van der Waals surface area contributed by atoms with Crippen molar-refractivity contribution >= 4 is 62.4 Å². The van der Waals surface area contributed by atoms with Crippen LogP contribution in [-0.2, 0) is 16.0 Å². The maximum Gasteiger partial charge on any atom is 0.159 e. The Bertz CT molecular complexity index is 1210. The summed E-state index contributed by atoms with van der Waals surface area (Å²) < 4.78 is 12.7. The first-order valence-electron chi connectivity index (χ1n) is 11.0. The number of ether oxygens (including phenoxy) is 2. The molecule has 1 atom stereocenters. The van der Waals surface area contributed by atoms with E-state index in [1.807, 2.05) is 55.4 Å². The van der Waals surface area contributed by atoms with Crippen LogP contribution in [0.4, 0.5) is 11.5 Å². The molecule has 178 valence electrons. The van der Waals surface area contributed by atoms with E-state index in [2.05, 4.69) is 37.9 Å². The van der Waals surface area contributed by atoms with Crippen LogP contribution >= 0.6 is 34.2 Å². The summed E-state index contributed by atoms with van der Waals surface area (Å²) in [7, 11) is 3.92. The minimum atomic E-state index is -0.0380. The van der Waals surface area contributed by atoms with Crippen LogP contribution in [0.1, 0.15) is 12.0 Å². The smallest absolute Gasteiger partial charge is 0.159 e. The summed E-state index contributed by atoms with van der Waals surface area (Å²) in [4.78, 5) is 23.6. The number of halogens is 2. The third-order valence-corrected chi connectivity index (χ3v) is 6.89. The number of hydrogen-bond acceptors (Lipinski definition) is 7. The van der Waals surface area contributed by atoms with Gasteiger partial charge in [0.1, 0.15) is 24.0 Å². The number of allylic oxidation sites excluding steroid dienone is 1. The average Bonchev–Trinajstić information content (AvgIpc) is 3.30. The summed E-state index contributed by atoms with van der Waals surface area (Å²) in [5.74, 6) is 1.29. The molecule has 1 aliphatic heterocycles. The second-order valence-electron chi connectivity index (χ2n) is 8.36. The highest BCUT2D eigenvalue weighted by Crippen LogP contribution is 2.32. The normalized spacial score (nSPS) is 16.0. The molecule has 34 heavy (non-hydrogen) atoms. The van der Waals surface area contributed by atoms with Crippen LogP contribution in [0.25, 0.3) is 10.9 Å². The maximum atomic E-state index is 12.7. The molecule has 0 amide bonds. The highest BCUT2D eigenvalue weighted by atomic mass is 123. The molecule has 1 fully saturated rings. The molecule has 1 unspecified atom stereocenters. The Hall–Kier alpha value is -2.27. The Labute approximate surface area is 217 Å². The lowest BCUT2D eigenvalue weighted by Crippen LogP contribution is -2.17. The number of nitrogens with zero attached hydrogens (tertiary/aromatic N) is 3. The predicted octanol–water partition coefficient (Wildman–Crippen LogP) is 5.03. The van der Waals surface area contributed by atoms with Crippen molar-refractivity contribution in [2.75, 3.05) is 39.2 Å². The van der Waals surface area contributed by atoms with Crippen molar-refractivity contribution < 1.29 is 14.3 Å². The fourth-order valence-corrected chi connectivity index (χ4v) is 4.13. The minimum Gasteiger partial charge on any atom is -0.488 e. The topological polar surface area (TPSA) is 76.6 Å². The van der Waals surface area contributed by atoms with Gasteiger partial charge in [-0.15, -0.1) is 0 Å². The van der Waals surface area contributed by atoms with Gasteiger partial charge in [0.05, 0.1) is 23.8 Å². The minimum absolute atomic E-state index is 0.00416. The van der Waals surface area contributed by atoms with E-state index in [1.54, 1.807) is 6.08 Å². The van der Waals surface area contributed by atoms with Gasteiger partial charge in [0.15, 0.2) is 5.78 Å². The van der Waals surface area contributed by atoms with E-state index in [4.69, 9.17) is 21.1 Å². The van der Waals surface area contributed by atoms with Crippen molar-refractivity contribution in [1.82, 2.24) is 14.9 Å². The molecular weight excluding hydrogens is 563 g/mol. The second kappa shape index (κ2) is 11.4. The van der Waals surface area contributed by atoms with Crippen LogP contribution in [0.15, 0.2) is 48.8 Å². The second-order valence-corrected chi connectivity index (χ2v) is 9.93. The molecule has 9 heteroatoms. The Kier molecular flexibility index (Phi) is 8.36. The highest BCUT2D eigenvalue weighted by Gasteiger charge is 2.21. The quantitative estimate of drug-likeness (QED) is 0.278. The molecule has 0 spiro atoms. The van der Waals surface area contributed by atoms with Gasteiger partial charge in [-0.05, 0) is 67.0 Å². The van der Waals surface area contributed by atoms with Crippen LogP contribution < -0.4 is 10.1 Å². The van der Waals surface area contributed by atoms with Gasteiger partial charge < -0.3 is 19.7 Å². The number of fused-ring (bicyclic) bond motifs is 1. The van der Waals surface area contributed by atoms with Gasteiger partial charge in [-0.25, -0.2) is 9.97 Å². The zero-order valence-corrected chi connectivity index (χ0v) is 22.0. The molecule has 2 aromatic carbocycles. The summed E-state index contributed by atoms with van der Waals surface area (Å²) >= 11 is 8.48. The standard InChI is InChI=1S/C25H26ClIN4O3/c1-31(2)8-3-4-18(32)10-16-11-20-23(13-24(16)34-19-7-9-33-14-19)28-15-29-25(20)30-17-5-6-22(27)21(26)12-17/h3-6,11-13,15,19H,7-10,14H2,1-2H3,(H,28,29,30)/b4-3+/i27-4. The van der Waals surface area contributed by atoms with Crippen molar-refractivity contribution in [3.05, 3.63) is 63.0 Å². The van der Waals surface area contributed by atoms with Crippen molar-refractivity contribution in [2.24, 2.45) is 0 Å². The monoisotopic (exact) mass is 588 g/mol. The average molecular weight is 589 g/mol. The fourth-order valence-electron chi connectivity index (χ4n) is 3.61. The highest BCUT2D eigenvalue weighted by molar-refractivity contribution is 14.1. The first kappa shape index (κ1) is 24.8. The largest absolute Gasteiger partial charge is 0.488 e. The van der Waals surface area contributed by atoms with Gasteiger partial charge in [-0.1, -0.05) is 17.7 Å². The Morgan fingerprint density at radius 1 is 1.32 bits per heavy atom. The summed E-state index contributed by atoms with van der Waals surface area (Å²) in [5.41, 5.74) is 2.33. The molecule has 7 nitrogen and oxygen atoms in total. The number of aromatic nitrogens is 2. The Morgan fingerprint density at radius 2 is 2.18 bits per heavy atom. The number of benzene rings is 2. The fraction of sp³-hybridized carbons (Fsp3) is 0.320. The van der Waals surface area contributed by atoms with E-state index in [-0.39, 0.29) is 18.3 Å². The third-order valence-electron chi connectivity index (χ3n) is 5.32. The van der Waals surface area contributed by atoms with Gasteiger partial charge in [-0.2, -0.15) is 0 Å². The zero-order valence-electron chi connectivity index (χ0n) is 19.1. The van der Waals surface area contributed by atoms with Crippen molar-refractivity contribution in [1.29, 1.82) is 0 Å². The van der Waals surface area contributed by atoms with Gasteiger partial charge in [0.25, 0.3) is 0 Å². The summed E-state index contributed by atoms with van der Waals surface area (Å²) in [6.45, 7) is 1.92. The lowest BCUT2D eigenvalue weighted by atomic mass is 10.0. The molecule has 4 rings (SSSR count). The number of likely N-dealkylation sites (N-methyl/N-ethyl adjacent to an activating group) is 1. The number of hydrogen-bond donors (Lipinski definition) is 1. The van der Waals surface area contributed by atoms with Crippen LogP contribution in [0.5, 0.6) is 5.75 Å².